The quantitative estimate of drug-likeness (QED) is 0.410. The number of aryl methyl sites for hydroxylation is 1. The summed E-state index contributed by atoms with van der Waals surface area (Å²) in [5, 5.41) is 10.4. The zero-order valence-corrected chi connectivity index (χ0v) is 18.7. The molecule has 0 aliphatic heterocycles. The Hall–Kier alpha value is -3.40. The number of allylic oxidation sites excluding steroid dienone is 1. The zero-order chi connectivity index (χ0) is 22.3. The highest BCUT2D eigenvalue weighted by molar-refractivity contribution is 7.85. The second kappa shape index (κ2) is 10.1. The molecule has 31 heavy (non-hydrogen) atoms. The van der Waals surface area contributed by atoms with Crippen molar-refractivity contribution < 1.29 is 4.21 Å². The molecule has 0 saturated heterocycles. The lowest BCUT2D eigenvalue weighted by Crippen LogP contribution is -2.26. The van der Waals surface area contributed by atoms with Gasteiger partial charge in [0.15, 0.2) is 0 Å². The zero-order valence-electron chi connectivity index (χ0n) is 17.9. The summed E-state index contributed by atoms with van der Waals surface area (Å²) in [5.41, 5.74) is 2.75. The van der Waals surface area contributed by atoms with E-state index in [1.807, 2.05) is 85.8 Å². The van der Waals surface area contributed by atoms with Gasteiger partial charge >= 0.3 is 0 Å². The molecule has 0 aliphatic rings. The Morgan fingerprint density at radius 3 is 2.29 bits per heavy atom. The molecule has 2 nitrogen and oxygen atoms in total. The number of hydrogen-bond acceptors (Lipinski definition) is 2. The highest BCUT2D eigenvalue weighted by atomic mass is 32.2. The summed E-state index contributed by atoms with van der Waals surface area (Å²) in [7, 11) is -1.41. The Morgan fingerprint density at radius 1 is 1.00 bits per heavy atom. The Bertz CT molecular complexity index is 1190. The largest absolute Gasteiger partial charge is 0.249 e. The third-order valence-corrected chi connectivity index (χ3v) is 6.77. The minimum Gasteiger partial charge on any atom is -0.249 e. The van der Waals surface area contributed by atoms with Crippen molar-refractivity contribution in [1.82, 2.24) is 0 Å². The highest BCUT2D eigenvalue weighted by Crippen LogP contribution is 2.40. The van der Waals surface area contributed by atoms with Crippen LogP contribution >= 0.6 is 0 Å². The van der Waals surface area contributed by atoms with Crippen LogP contribution in [0.5, 0.6) is 0 Å². The maximum atomic E-state index is 13.5. The molecule has 154 valence electrons. The normalized spacial score (nSPS) is 13.2. The monoisotopic (exact) mass is 423 g/mol. The van der Waals surface area contributed by atoms with E-state index in [1.165, 1.54) is 0 Å². The van der Waals surface area contributed by atoms with E-state index < -0.39 is 16.2 Å². The molecule has 1 unspecified atom stereocenters. The summed E-state index contributed by atoms with van der Waals surface area (Å²) in [6, 6.07) is 27.6. The molecule has 0 aromatic heterocycles. The number of benzene rings is 3. The lowest BCUT2D eigenvalue weighted by atomic mass is 9.73. The first-order chi connectivity index (χ1) is 15.0. The topological polar surface area (TPSA) is 40.9 Å². The van der Waals surface area contributed by atoms with Crippen LogP contribution < -0.4 is 0 Å². The Kier molecular flexibility index (Phi) is 7.24. The van der Waals surface area contributed by atoms with E-state index in [4.69, 9.17) is 0 Å². The van der Waals surface area contributed by atoms with Gasteiger partial charge in [-0.05, 0) is 55.2 Å². The maximum Gasteiger partial charge on any atom is 0.0982 e. The van der Waals surface area contributed by atoms with Gasteiger partial charge in [-0.1, -0.05) is 72.8 Å². The fourth-order valence-corrected chi connectivity index (χ4v) is 4.89. The van der Waals surface area contributed by atoms with Gasteiger partial charge in [0.05, 0.1) is 22.3 Å². The molecule has 0 radical (unpaired) electrons. The van der Waals surface area contributed by atoms with Crippen molar-refractivity contribution >= 4 is 16.4 Å². The summed E-state index contributed by atoms with van der Waals surface area (Å²) in [5.74, 6) is 6.02. The summed E-state index contributed by atoms with van der Waals surface area (Å²) in [4.78, 5) is 1.36. The molecule has 3 aromatic rings. The van der Waals surface area contributed by atoms with Crippen LogP contribution in [-0.4, -0.2) is 4.21 Å². The van der Waals surface area contributed by atoms with E-state index in [0.29, 0.717) is 22.6 Å². The van der Waals surface area contributed by atoms with Crippen molar-refractivity contribution in [2.75, 3.05) is 0 Å². The minimum atomic E-state index is -1.41. The third kappa shape index (κ3) is 5.02. The van der Waals surface area contributed by atoms with Gasteiger partial charge in [0.1, 0.15) is 0 Å². The number of nitriles is 1. The lowest BCUT2D eigenvalue weighted by Gasteiger charge is -2.28. The molecule has 0 heterocycles. The molecule has 0 bridgehead atoms. The van der Waals surface area contributed by atoms with Gasteiger partial charge in [-0.3, -0.25) is 0 Å². The van der Waals surface area contributed by atoms with Gasteiger partial charge in [-0.25, -0.2) is 4.21 Å². The number of nitrogens with zero attached hydrogens (tertiary/aromatic N) is 1. The SMILES string of the molecule is C=C(C[C@@](C#N)(CC#CC)c1ccccc1S(=O)c1ccc(C)cc1)c1ccccc1. The fourth-order valence-electron chi connectivity index (χ4n) is 3.58. The van der Waals surface area contributed by atoms with E-state index in [-0.39, 0.29) is 0 Å². The average Bonchev–Trinajstić information content (AvgIpc) is 2.82. The number of rotatable bonds is 7. The minimum absolute atomic E-state index is 0.341. The van der Waals surface area contributed by atoms with Crippen LogP contribution in [0.4, 0.5) is 0 Å². The lowest BCUT2D eigenvalue weighted by molar-refractivity contribution is 0.568. The smallest absolute Gasteiger partial charge is 0.0982 e. The van der Waals surface area contributed by atoms with Gasteiger partial charge in [-0.15, -0.1) is 11.8 Å². The van der Waals surface area contributed by atoms with Gasteiger partial charge in [0, 0.05) is 16.2 Å². The van der Waals surface area contributed by atoms with Gasteiger partial charge in [0.25, 0.3) is 0 Å². The molecule has 0 N–H and O–H groups in total. The summed E-state index contributed by atoms with van der Waals surface area (Å²) < 4.78 is 13.5. The molecule has 2 atom stereocenters. The van der Waals surface area contributed by atoms with Crippen LogP contribution in [-0.2, 0) is 16.2 Å². The van der Waals surface area contributed by atoms with Crippen LogP contribution in [0.25, 0.3) is 5.57 Å². The summed E-state index contributed by atoms with van der Waals surface area (Å²) in [6.07, 6.45) is 0.748. The predicted octanol–water partition coefficient (Wildman–Crippen LogP) is 6.44. The molecule has 3 aromatic carbocycles. The third-order valence-electron chi connectivity index (χ3n) is 5.32. The van der Waals surface area contributed by atoms with Gasteiger partial charge < -0.3 is 0 Å². The van der Waals surface area contributed by atoms with Gasteiger partial charge in [-0.2, -0.15) is 5.26 Å². The molecule has 0 amide bonds. The van der Waals surface area contributed by atoms with E-state index >= 15 is 0 Å². The van der Waals surface area contributed by atoms with Crippen LogP contribution in [0.3, 0.4) is 0 Å². The van der Waals surface area contributed by atoms with Crippen LogP contribution in [0, 0.1) is 30.1 Å². The Labute approximate surface area is 187 Å². The van der Waals surface area contributed by atoms with Crippen molar-refractivity contribution in [3.8, 4) is 17.9 Å². The standard InChI is InChI=1S/C28H25NOS/c1-4-5-19-28(21-29,20-23(3)24-11-7-6-8-12-24)26-13-9-10-14-27(26)31(30)25-17-15-22(2)16-18-25/h6-18H,3,19-20H2,1-2H3/t28-,31?/m1/s1. The Morgan fingerprint density at radius 2 is 1.65 bits per heavy atom. The molecule has 0 spiro atoms. The first-order valence-corrected chi connectivity index (χ1v) is 11.3. The second-order valence-electron chi connectivity index (χ2n) is 7.52. The van der Waals surface area contributed by atoms with Crippen LogP contribution in [0.2, 0.25) is 0 Å². The van der Waals surface area contributed by atoms with Crippen molar-refractivity contribution in [3.63, 3.8) is 0 Å². The molecule has 0 aliphatic carbocycles. The highest BCUT2D eigenvalue weighted by Gasteiger charge is 2.36. The van der Waals surface area contributed by atoms with E-state index in [0.717, 1.165) is 22.3 Å². The average molecular weight is 424 g/mol. The van der Waals surface area contributed by atoms with Crippen LogP contribution in [0.1, 0.15) is 36.5 Å². The molecule has 0 fully saturated rings. The van der Waals surface area contributed by atoms with E-state index in [2.05, 4.69) is 24.5 Å². The first-order valence-electron chi connectivity index (χ1n) is 10.1. The molecular weight excluding hydrogens is 398 g/mol. The van der Waals surface area contributed by atoms with Crippen molar-refractivity contribution in [3.05, 3.63) is 102 Å². The molecule has 3 rings (SSSR count). The molecule has 0 saturated carbocycles. The summed E-state index contributed by atoms with van der Waals surface area (Å²) in [6.45, 7) is 8.03. The molecule has 3 heteroatoms. The maximum absolute atomic E-state index is 13.5. The number of hydrogen-bond donors (Lipinski definition) is 0. The first kappa shape index (κ1) is 22.3. The fraction of sp³-hybridized carbons (Fsp3) is 0.179. The summed E-state index contributed by atoms with van der Waals surface area (Å²) >= 11 is 0. The molecular formula is C28H25NOS. The van der Waals surface area contributed by atoms with Crippen molar-refractivity contribution in [2.24, 2.45) is 0 Å². The Balaban J connectivity index is 2.10. The second-order valence-corrected chi connectivity index (χ2v) is 8.97. The van der Waals surface area contributed by atoms with Crippen molar-refractivity contribution in [2.45, 2.75) is 41.9 Å². The van der Waals surface area contributed by atoms with Crippen LogP contribution in [0.15, 0.2) is 95.2 Å². The van der Waals surface area contributed by atoms with E-state index in [9.17, 15) is 9.47 Å². The van der Waals surface area contributed by atoms with E-state index in [1.54, 1.807) is 6.92 Å². The predicted molar refractivity (Wildman–Crippen MR) is 128 cm³/mol. The van der Waals surface area contributed by atoms with Crippen molar-refractivity contribution in [1.29, 1.82) is 5.26 Å². The van der Waals surface area contributed by atoms with Gasteiger partial charge in [0.2, 0.25) is 0 Å².